The SMILES string of the molecule is Cc1cc(Cl)c(NC(=O)C(C)/C(N)=N/O)cc1Cl. The van der Waals surface area contributed by atoms with Gasteiger partial charge >= 0.3 is 0 Å². The first kappa shape index (κ1) is 14.6. The summed E-state index contributed by atoms with van der Waals surface area (Å²) in [6, 6.07) is 3.20. The van der Waals surface area contributed by atoms with E-state index in [9.17, 15) is 4.79 Å². The van der Waals surface area contributed by atoms with E-state index in [0.717, 1.165) is 5.56 Å². The molecular weight excluding hydrogens is 277 g/mol. The van der Waals surface area contributed by atoms with Crippen LogP contribution < -0.4 is 11.1 Å². The van der Waals surface area contributed by atoms with Crippen LogP contribution in [0.15, 0.2) is 17.3 Å². The van der Waals surface area contributed by atoms with Crippen molar-refractivity contribution in [2.24, 2.45) is 16.8 Å². The van der Waals surface area contributed by atoms with Gasteiger partial charge in [0.15, 0.2) is 5.84 Å². The Morgan fingerprint density at radius 2 is 2.06 bits per heavy atom. The van der Waals surface area contributed by atoms with Crippen LogP contribution in [0.3, 0.4) is 0 Å². The molecular formula is C11H13Cl2N3O2. The summed E-state index contributed by atoms with van der Waals surface area (Å²) in [5, 5.41) is 14.7. The molecule has 1 rings (SSSR count). The summed E-state index contributed by atoms with van der Waals surface area (Å²) in [6.45, 7) is 3.31. The lowest BCUT2D eigenvalue weighted by atomic mass is 10.1. The lowest BCUT2D eigenvalue weighted by molar-refractivity contribution is -0.117. The van der Waals surface area contributed by atoms with Gasteiger partial charge in [-0.15, -0.1) is 0 Å². The number of benzene rings is 1. The molecule has 98 valence electrons. The quantitative estimate of drug-likeness (QED) is 0.346. The molecule has 0 spiro atoms. The third-order valence-electron chi connectivity index (χ3n) is 2.46. The first-order valence-corrected chi connectivity index (χ1v) is 5.86. The zero-order chi connectivity index (χ0) is 13.9. The Bertz CT molecular complexity index is 503. The van der Waals surface area contributed by atoms with Crippen LogP contribution in [0, 0.1) is 12.8 Å². The molecule has 18 heavy (non-hydrogen) atoms. The molecule has 1 atom stereocenters. The molecule has 7 heteroatoms. The van der Waals surface area contributed by atoms with Crippen LogP contribution in [-0.2, 0) is 4.79 Å². The minimum Gasteiger partial charge on any atom is -0.409 e. The minimum absolute atomic E-state index is 0.179. The minimum atomic E-state index is -0.772. The van der Waals surface area contributed by atoms with E-state index in [-0.39, 0.29) is 5.84 Å². The lowest BCUT2D eigenvalue weighted by Gasteiger charge is -2.12. The van der Waals surface area contributed by atoms with Gasteiger partial charge in [0.2, 0.25) is 5.91 Å². The van der Waals surface area contributed by atoms with E-state index >= 15 is 0 Å². The number of amides is 1. The molecule has 0 aliphatic carbocycles. The van der Waals surface area contributed by atoms with Crippen molar-refractivity contribution < 1.29 is 10.0 Å². The highest BCUT2D eigenvalue weighted by atomic mass is 35.5. The summed E-state index contributed by atoms with van der Waals surface area (Å²) in [7, 11) is 0. The Balaban J connectivity index is 2.92. The van der Waals surface area contributed by atoms with Gasteiger partial charge in [0, 0.05) is 5.02 Å². The van der Waals surface area contributed by atoms with E-state index in [4.69, 9.17) is 34.1 Å². The number of carbonyl (C=O) groups is 1. The molecule has 1 unspecified atom stereocenters. The molecule has 0 aliphatic heterocycles. The average molecular weight is 290 g/mol. The van der Waals surface area contributed by atoms with E-state index in [1.54, 1.807) is 19.1 Å². The zero-order valence-electron chi connectivity index (χ0n) is 9.87. The van der Waals surface area contributed by atoms with Crippen LogP contribution in [0.1, 0.15) is 12.5 Å². The molecule has 0 aromatic heterocycles. The molecule has 1 amide bonds. The maximum absolute atomic E-state index is 11.8. The largest absolute Gasteiger partial charge is 0.409 e. The maximum atomic E-state index is 11.8. The number of carbonyl (C=O) groups excluding carboxylic acids is 1. The topological polar surface area (TPSA) is 87.7 Å². The van der Waals surface area contributed by atoms with Crippen molar-refractivity contribution in [3.63, 3.8) is 0 Å². The number of rotatable bonds is 3. The number of aryl methyl sites for hydroxylation is 1. The zero-order valence-corrected chi connectivity index (χ0v) is 11.4. The fraction of sp³-hybridized carbons (Fsp3) is 0.273. The van der Waals surface area contributed by atoms with Gasteiger partial charge in [-0.2, -0.15) is 0 Å². The average Bonchev–Trinajstić information content (AvgIpc) is 2.33. The molecule has 0 radical (unpaired) electrons. The molecule has 0 heterocycles. The van der Waals surface area contributed by atoms with Gasteiger partial charge in [0.05, 0.1) is 16.6 Å². The lowest BCUT2D eigenvalue weighted by Crippen LogP contribution is -2.32. The fourth-order valence-corrected chi connectivity index (χ4v) is 1.63. The second-order valence-corrected chi connectivity index (χ2v) is 4.63. The summed E-state index contributed by atoms with van der Waals surface area (Å²) in [4.78, 5) is 11.8. The van der Waals surface area contributed by atoms with E-state index in [1.165, 1.54) is 6.92 Å². The van der Waals surface area contributed by atoms with Crippen molar-refractivity contribution >= 4 is 40.6 Å². The molecule has 0 aliphatic rings. The first-order valence-electron chi connectivity index (χ1n) is 5.10. The predicted octanol–water partition coefficient (Wildman–Crippen LogP) is 2.62. The summed E-state index contributed by atoms with van der Waals surface area (Å²) in [5.41, 5.74) is 6.54. The van der Waals surface area contributed by atoms with Gasteiger partial charge < -0.3 is 16.3 Å². The van der Waals surface area contributed by atoms with Crippen molar-refractivity contribution in [3.05, 3.63) is 27.7 Å². The number of oxime groups is 1. The second-order valence-electron chi connectivity index (χ2n) is 3.82. The third-order valence-corrected chi connectivity index (χ3v) is 3.18. The van der Waals surface area contributed by atoms with Crippen LogP contribution >= 0.6 is 23.2 Å². The number of hydrogen-bond donors (Lipinski definition) is 3. The Morgan fingerprint density at radius 3 is 2.61 bits per heavy atom. The van der Waals surface area contributed by atoms with Gasteiger partial charge in [0.1, 0.15) is 0 Å². The molecule has 4 N–H and O–H groups in total. The first-order chi connectivity index (χ1) is 8.36. The highest BCUT2D eigenvalue weighted by Gasteiger charge is 2.18. The highest BCUT2D eigenvalue weighted by molar-refractivity contribution is 6.36. The van der Waals surface area contributed by atoms with Crippen molar-refractivity contribution in [3.8, 4) is 0 Å². The smallest absolute Gasteiger partial charge is 0.234 e. The van der Waals surface area contributed by atoms with Crippen LogP contribution in [0.25, 0.3) is 0 Å². The Morgan fingerprint density at radius 1 is 1.44 bits per heavy atom. The van der Waals surface area contributed by atoms with E-state index < -0.39 is 11.8 Å². The Kier molecular flexibility index (Phi) is 4.81. The van der Waals surface area contributed by atoms with E-state index in [2.05, 4.69) is 10.5 Å². The number of anilines is 1. The van der Waals surface area contributed by atoms with Crippen LogP contribution in [0.5, 0.6) is 0 Å². The number of hydrogen-bond acceptors (Lipinski definition) is 3. The molecule has 5 nitrogen and oxygen atoms in total. The number of amidine groups is 1. The van der Waals surface area contributed by atoms with Crippen LogP contribution in [0.4, 0.5) is 5.69 Å². The number of halogens is 2. The highest BCUT2D eigenvalue weighted by Crippen LogP contribution is 2.29. The molecule has 0 saturated carbocycles. The summed E-state index contributed by atoms with van der Waals surface area (Å²) >= 11 is 11.9. The molecule has 1 aromatic carbocycles. The molecule has 1 aromatic rings. The second kappa shape index (κ2) is 5.93. The Hall–Kier alpha value is -1.46. The monoisotopic (exact) mass is 289 g/mol. The van der Waals surface area contributed by atoms with Gasteiger partial charge in [-0.3, -0.25) is 4.79 Å². The summed E-state index contributed by atoms with van der Waals surface area (Å²) in [6.07, 6.45) is 0. The normalized spacial score (nSPS) is 13.2. The summed E-state index contributed by atoms with van der Waals surface area (Å²) in [5.74, 6) is -1.39. The standard InChI is InChI=1S/C11H13Cl2N3O2/c1-5-3-8(13)9(4-7(5)12)15-11(17)6(2)10(14)16-18/h3-4,6,18H,1-2H3,(H2,14,16)(H,15,17). The molecule has 0 bridgehead atoms. The predicted molar refractivity (Wildman–Crippen MR) is 72.4 cm³/mol. The third kappa shape index (κ3) is 3.27. The van der Waals surface area contributed by atoms with Crippen molar-refractivity contribution in [2.75, 3.05) is 5.32 Å². The van der Waals surface area contributed by atoms with Crippen molar-refractivity contribution in [1.82, 2.24) is 0 Å². The fourth-order valence-electron chi connectivity index (χ4n) is 1.20. The van der Waals surface area contributed by atoms with Crippen LogP contribution in [0.2, 0.25) is 10.0 Å². The Labute approximate surface area is 115 Å². The van der Waals surface area contributed by atoms with Gasteiger partial charge in [-0.05, 0) is 31.5 Å². The van der Waals surface area contributed by atoms with Crippen molar-refractivity contribution in [1.29, 1.82) is 0 Å². The van der Waals surface area contributed by atoms with E-state index in [0.29, 0.717) is 15.7 Å². The van der Waals surface area contributed by atoms with Gasteiger partial charge in [-0.25, -0.2) is 0 Å². The summed E-state index contributed by atoms with van der Waals surface area (Å²) < 4.78 is 0. The van der Waals surface area contributed by atoms with Crippen LogP contribution in [-0.4, -0.2) is 17.0 Å². The van der Waals surface area contributed by atoms with Gasteiger partial charge in [0.25, 0.3) is 0 Å². The van der Waals surface area contributed by atoms with Gasteiger partial charge in [-0.1, -0.05) is 28.4 Å². The molecule has 0 saturated heterocycles. The van der Waals surface area contributed by atoms with Crippen molar-refractivity contribution in [2.45, 2.75) is 13.8 Å². The van der Waals surface area contributed by atoms with E-state index in [1.807, 2.05) is 0 Å². The number of nitrogens with one attached hydrogen (secondary N) is 1. The maximum Gasteiger partial charge on any atom is 0.234 e. The molecule has 0 fully saturated rings. The number of nitrogens with two attached hydrogens (primary N) is 1. The number of nitrogens with zero attached hydrogens (tertiary/aromatic N) is 1.